The highest BCUT2D eigenvalue weighted by molar-refractivity contribution is 8.14. The third kappa shape index (κ3) is 12.3. The molecule has 284 valence electrons. The van der Waals surface area contributed by atoms with Gasteiger partial charge in [0.05, 0.1) is 0 Å². The molecule has 6 nitrogen and oxygen atoms in total. The van der Waals surface area contributed by atoms with Crippen LogP contribution in [0.1, 0.15) is 61.3 Å². The maximum absolute atomic E-state index is 12.9. The van der Waals surface area contributed by atoms with Crippen molar-refractivity contribution < 1.29 is 19.2 Å². The highest BCUT2D eigenvalue weighted by atomic mass is 32.2. The van der Waals surface area contributed by atoms with Crippen LogP contribution in [0.2, 0.25) is 0 Å². The molecule has 0 radical (unpaired) electrons. The minimum Gasteiger partial charge on any atom is -0.339 e. The zero-order chi connectivity index (χ0) is 38.5. The Labute approximate surface area is 338 Å². The van der Waals surface area contributed by atoms with Crippen LogP contribution in [-0.4, -0.2) is 79.0 Å². The number of hydrogen-bond acceptors (Lipinski definition) is 8. The van der Waals surface area contributed by atoms with Crippen LogP contribution in [0.15, 0.2) is 131 Å². The van der Waals surface area contributed by atoms with Gasteiger partial charge in [0.1, 0.15) is 0 Å². The van der Waals surface area contributed by atoms with Gasteiger partial charge in [-0.25, -0.2) is 0 Å². The molecule has 0 N–H and O–H groups in total. The summed E-state index contributed by atoms with van der Waals surface area (Å²) in [5, 5.41) is 0.916. The lowest BCUT2D eigenvalue weighted by molar-refractivity contribution is -0.135. The van der Waals surface area contributed by atoms with Gasteiger partial charge in [-0.1, -0.05) is 134 Å². The fourth-order valence-corrected chi connectivity index (χ4v) is 10.9. The number of amides is 2. The van der Waals surface area contributed by atoms with E-state index < -0.39 is 0 Å². The minimum absolute atomic E-state index is 0.0298. The SMILES string of the molecule is C[C@H](CSC(=O)c1ccccc1)C(=O)N1C[C@@H](Sc2ccccc2)C[C@H]1C.C[C@H](CSC(=O)c1ccccc1)C(=O)N1C[C@@H](Sc2ccccc2)C[C@H]1C. The fraction of sp³-hybridized carbons (Fsp3) is 0.364. The average Bonchev–Trinajstić information content (AvgIpc) is 3.76. The van der Waals surface area contributed by atoms with Crippen LogP contribution in [0, 0.1) is 11.8 Å². The smallest absolute Gasteiger partial charge is 0.226 e. The summed E-state index contributed by atoms with van der Waals surface area (Å²) >= 11 is 6.18. The summed E-state index contributed by atoms with van der Waals surface area (Å²) in [4.78, 5) is 56.8. The number of carbonyl (C=O) groups is 4. The summed E-state index contributed by atoms with van der Waals surface area (Å²) in [6, 6.07) is 39.7. The van der Waals surface area contributed by atoms with Crippen LogP contribution in [-0.2, 0) is 9.59 Å². The Hall–Kier alpha value is -3.44. The van der Waals surface area contributed by atoms with Crippen molar-refractivity contribution in [1.29, 1.82) is 0 Å². The quantitative estimate of drug-likeness (QED) is 0.140. The third-order valence-corrected chi connectivity index (χ3v) is 14.3. The van der Waals surface area contributed by atoms with Crippen molar-refractivity contribution in [3.05, 3.63) is 132 Å². The van der Waals surface area contributed by atoms with Crippen molar-refractivity contribution in [2.24, 2.45) is 11.8 Å². The molecule has 0 unspecified atom stereocenters. The van der Waals surface area contributed by atoms with Crippen molar-refractivity contribution in [3.63, 3.8) is 0 Å². The molecule has 2 fully saturated rings. The molecule has 0 aliphatic carbocycles. The first-order valence-electron chi connectivity index (χ1n) is 18.6. The van der Waals surface area contributed by atoms with Crippen LogP contribution in [0.4, 0.5) is 0 Å². The largest absolute Gasteiger partial charge is 0.339 e. The molecule has 6 rings (SSSR count). The first-order chi connectivity index (χ1) is 26.1. The molecule has 10 heteroatoms. The van der Waals surface area contributed by atoms with Gasteiger partial charge in [-0.05, 0) is 51.0 Å². The summed E-state index contributed by atoms with van der Waals surface area (Å²) in [7, 11) is 0. The molecule has 6 atom stereocenters. The predicted octanol–water partition coefficient (Wildman–Crippen LogP) is 9.96. The second-order valence-electron chi connectivity index (χ2n) is 14.0. The first-order valence-corrected chi connectivity index (χ1v) is 22.3. The molecule has 0 spiro atoms. The van der Waals surface area contributed by atoms with Crippen molar-refractivity contribution in [2.75, 3.05) is 24.6 Å². The Balaban J connectivity index is 0.000000208. The normalized spacial score (nSPS) is 20.4. The Morgan fingerprint density at radius 2 is 0.852 bits per heavy atom. The molecule has 0 bridgehead atoms. The first kappa shape index (κ1) is 41.7. The molecule has 0 saturated carbocycles. The second kappa shape index (κ2) is 21.0. The van der Waals surface area contributed by atoms with E-state index in [-0.39, 0.29) is 46.0 Å². The van der Waals surface area contributed by atoms with E-state index in [1.165, 1.54) is 33.3 Å². The van der Waals surface area contributed by atoms with Crippen LogP contribution in [0.3, 0.4) is 0 Å². The Morgan fingerprint density at radius 1 is 0.537 bits per heavy atom. The highest BCUT2D eigenvalue weighted by Gasteiger charge is 2.36. The lowest BCUT2D eigenvalue weighted by Crippen LogP contribution is -2.38. The van der Waals surface area contributed by atoms with Gasteiger partial charge in [0.15, 0.2) is 0 Å². The molecule has 2 amide bonds. The average molecular weight is 799 g/mol. The van der Waals surface area contributed by atoms with Gasteiger partial charge in [-0.2, -0.15) is 0 Å². The molecule has 0 aromatic heterocycles. The Bertz CT molecular complexity index is 1670. The number of likely N-dealkylation sites (tertiary alicyclic amines) is 2. The standard InChI is InChI=1S/2C22H25NO2S2/c2*1-16(15-26-22(25)18-9-5-3-6-10-18)21(24)23-14-20(13-17(23)2)27-19-11-7-4-8-12-19/h2*3-12,16-17,20H,13-15H2,1-2H3/t2*16-,17-,20+/m11/s1. The number of hydrogen-bond donors (Lipinski definition) is 0. The van der Waals surface area contributed by atoms with Gasteiger partial charge in [0.25, 0.3) is 0 Å². The summed E-state index contributed by atoms with van der Waals surface area (Å²) in [5.74, 6) is 1.04. The van der Waals surface area contributed by atoms with Gasteiger partial charge < -0.3 is 9.80 Å². The molecule has 4 aromatic carbocycles. The molecule has 4 aromatic rings. The van der Waals surface area contributed by atoms with E-state index in [4.69, 9.17) is 0 Å². The maximum Gasteiger partial charge on any atom is 0.226 e. The van der Waals surface area contributed by atoms with E-state index in [1.54, 1.807) is 0 Å². The van der Waals surface area contributed by atoms with Crippen LogP contribution < -0.4 is 0 Å². The fourth-order valence-electron chi connectivity index (χ4n) is 6.56. The van der Waals surface area contributed by atoms with E-state index in [9.17, 15) is 19.2 Å². The number of thioether (sulfide) groups is 4. The summed E-state index contributed by atoms with van der Waals surface area (Å²) < 4.78 is 0. The predicted molar refractivity (Wildman–Crippen MR) is 229 cm³/mol. The van der Waals surface area contributed by atoms with Crippen molar-refractivity contribution in [2.45, 2.75) is 72.9 Å². The van der Waals surface area contributed by atoms with Gasteiger partial charge in [-0.3, -0.25) is 19.2 Å². The number of nitrogens with zero attached hydrogens (tertiary/aromatic N) is 2. The summed E-state index contributed by atoms with van der Waals surface area (Å²) in [5.41, 5.74) is 1.38. The Morgan fingerprint density at radius 3 is 1.19 bits per heavy atom. The maximum atomic E-state index is 12.9. The van der Waals surface area contributed by atoms with E-state index in [0.29, 0.717) is 33.1 Å². The molecule has 2 saturated heterocycles. The topological polar surface area (TPSA) is 74.8 Å². The summed E-state index contributed by atoms with van der Waals surface area (Å²) in [6.07, 6.45) is 2.02. The third-order valence-electron chi connectivity index (χ3n) is 9.52. The van der Waals surface area contributed by atoms with Gasteiger partial charge in [0.2, 0.25) is 22.0 Å². The van der Waals surface area contributed by atoms with E-state index in [2.05, 4.69) is 38.1 Å². The lowest BCUT2D eigenvalue weighted by Gasteiger charge is -2.24. The zero-order valence-corrected chi connectivity index (χ0v) is 34.7. The van der Waals surface area contributed by atoms with Crippen LogP contribution >= 0.6 is 47.0 Å². The van der Waals surface area contributed by atoms with Crippen molar-refractivity contribution in [1.82, 2.24) is 9.80 Å². The molecule has 2 aliphatic rings. The number of carbonyl (C=O) groups excluding carboxylic acids is 4. The lowest BCUT2D eigenvalue weighted by atomic mass is 10.1. The van der Waals surface area contributed by atoms with Gasteiger partial charge in [-0.15, -0.1) is 23.5 Å². The van der Waals surface area contributed by atoms with Gasteiger partial charge in [0, 0.05) is 79.9 Å². The van der Waals surface area contributed by atoms with E-state index in [0.717, 1.165) is 25.9 Å². The van der Waals surface area contributed by atoms with E-state index in [1.807, 2.05) is 144 Å². The Kier molecular flexibility index (Phi) is 16.2. The monoisotopic (exact) mass is 798 g/mol. The van der Waals surface area contributed by atoms with Crippen molar-refractivity contribution in [3.8, 4) is 0 Å². The van der Waals surface area contributed by atoms with Crippen LogP contribution in [0.25, 0.3) is 0 Å². The van der Waals surface area contributed by atoms with Gasteiger partial charge >= 0.3 is 0 Å². The molecular weight excluding hydrogens is 749 g/mol. The zero-order valence-electron chi connectivity index (χ0n) is 31.4. The molecule has 2 aliphatic heterocycles. The highest BCUT2D eigenvalue weighted by Crippen LogP contribution is 2.35. The molecule has 54 heavy (non-hydrogen) atoms. The minimum atomic E-state index is -0.161. The summed E-state index contributed by atoms with van der Waals surface area (Å²) in [6.45, 7) is 9.66. The number of rotatable bonds is 12. The van der Waals surface area contributed by atoms with E-state index >= 15 is 0 Å². The van der Waals surface area contributed by atoms with Crippen molar-refractivity contribution >= 4 is 69.1 Å². The molecular formula is C44H50N2O4S4. The van der Waals surface area contributed by atoms with Crippen LogP contribution in [0.5, 0.6) is 0 Å². The second-order valence-corrected chi connectivity index (χ2v) is 18.7. The molecule has 2 heterocycles. The number of benzene rings is 4.